The van der Waals surface area contributed by atoms with Crippen LogP contribution in [0.4, 0.5) is 0 Å². The number of hydrogen-bond acceptors (Lipinski definition) is 5. The number of thiophene rings is 1. The first-order valence-corrected chi connectivity index (χ1v) is 10.6. The van der Waals surface area contributed by atoms with Crippen molar-refractivity contribution < 1.29 is 13.2 Å². The SMILES string of the molecule is CN(C)[C@H](CNS(=O)(=O)c1ccc(Br)s1)c1ccc2c(c1)CCO2. The maximum Gasteiger partial charge on any atom is 0.250 e. The van der Waals surface area contributed by atoms with E-state index in [1.54, 1.807) is 12.1 Å². The van der Waals surface area contributed by atoms with Crippen LogP contribution in [0, 0.1) is 0 Å². The highest BCUT2D eigenvalue weighted by molar-refractivity contribution is 9.11. The van der Waals surface area contributed by atoms with Crippen molar-refractivity contribution in [3.63, 3.8) is 0 Å². The number of benzene rings is 1. The van der Waals surface area contributed by atoms with E-state index in [1.165, 1.54) is 16.9 Å². The highest BCUT2D eigenvalue weighted by Crippen LogP contribution is 2.30. The highest BCUT2D eigenvalue weighted by Gasteiger charge is 2.22. The summed E-state index contributed by atoms with van der Waals surface area (Å²) in [4.78, 5) is 2.02. The lowest BCUT2D eigenvalue weighted by Crippen LogP contribution is -2.34. The summed E-state index contributed by atoms with van der Waals surface area (Å²) in [6.45, 7) is 1.02. The first-order chi connectivity index (χ1) is 11.4. The number of hydrogen-bond donors (Lipinski definition) is 1. The molecule has 0 radical (unpaired) electrons. The van der Waals surface area contributed by atoms with Gasteiger partial charge in [-0.05, 0) is 59.4 Å². The van der Waals surface area contributed by atoms with Gasteiger partial charge in [0.25, 0.3) is 0 Å². The number of likely N-dealkylation sites (N-methyl/N-ethyl adjacent to an activating group) is 1. The maximum absolute atomic E-state index is 12.4. The number of halogens is 1. The molecule has 8 heteroatoms. The van der Waals surface area contributed by atoms with E-state index >= 15 is 0 Å². The van der Waals surface area contributed by atoms with Crippen molar-refractivity contribution in [3.05, 3.63) is 45.2 Å². The fraction of sp³-hybridized carbons (Fsp3) is 0.375. The van der Waals surface area contributed by atoms with Gasteiger partial charge in [0.05, 0.1) is 10.4 Å². The Morgan fingerprint density at radius 3 is 2.79 bits per heavy atom. The van der Waals surface area contributed by atoms with Gasteiger partial charge < -0.3 is 9.64 Å². The van der Waals surface area contributed by atoms with Crippen LogP contribution in [-0.2, 0) is 16.4 Å². The number of nitrogens with one attached hydrogen (secondary N) is 1. The summed E-state index contributed by atoms with van der Waals surface area (Å²) < 4.78 is 34.2. The van der Waals surface area contributed by atoms with E-state index in [1.807, 2.05) is 31.1 Å². The molecule has 1 aliphatic heterocycles. The van der Waals surface area contributed by atoms with E-state index < -0.39 is 10.0 Å². The molecule has 1 atom stereocenters. The third-order valence-corrected chi connectivity index (χ3v) is 7.54. The van der Waals surface area contributed by atoms with Gasteiger partial charge in [-0.1, -0.05) is 12.1 Å². The molecule has 24 heavy (non-hydrogen) atoms. The molecule has 130 valence electrons. The molecule has 1 aromatic heterocycles. The van der Waals surface area contributed by atoms with E-state index in [9.17, 15) is 8.42 Å². The number of rotatable bonds is 6. The molecular formula is C16H19BrN2O3S2. The lowest BCUT2D eigenvalue weighted by molar-refractivity contribution is 0.299. The Balaban J connectivity index is 1.77. The average Bonchev–Trinajstić information content (AvgIpc) is 3.15. The molecule has 1 aromatic carbocycles. The van der Waals surface area contributed by atoms with Gasteiger partial charge in [0.15, 0.2) is 0 Å². The Hall–Kier alpha value is -0.930. The van der Waals surface area contributed by atoms with Crippen LogP contribution < -0.4 is 9.46 Å². The number of ether oxygens (including phenoxy) is 1. The van der Waals surface area contributed by atoms with Gasteiger partial charge in [-0.15, -0.1) is 11.3 Å². The third kappa shape index (κ3) is 3.83. The van der Waals surface area contributed by atoms with Crippen LogP contribution in [0.2, 0.25) is 0 Å². The summed E-state index contributed by atoms with van der Waals surface area (Å²) in [6, 6.07) is 9.39. The zero-order chi connectivity index (χ0) is 17.3. The number of nitrogens with zero attached hydrogens (tertiary/aromatic N) is 1. The largest absolute Gasteiger partial charge is 0.493 e. The van der Waals surface area contributed by atoms with Crippen LogP contribution in [0.5, 0.6) is 5.75 Å². The van der Waals surface area contributed by atoms with Gasteiger partial charge in [0, 0.05) is 19.0 Å². The molecule has 0 saturated carbocycles. The topological polar surface area (TPSA) is 58.6 Å². The maximum atomic E-state index is 12.4. The Bertz CT molecular complexity index is 834. The molecule has 5 nitrogen and oxygen atoms in total. The van der Waals surface area contributed by atoms with E-state index in [0.29, 0.717) is 17.4 Å². The van der Waals surface area contributed by atoms with Crippen LogP contribution in [0.25, 0.3) is 0 Å². The lowest BCUT2D eigenvalue weighted by Gasteiger charge is -2.25. The Labute approximate surface area is 154 Å². The smallest absolute Gasteiger partial charge is 0.250 e. The normalized spacial score (nSPS) is 15.3. The van der Waals surface area contributed by atoms with Crippen molar-refractivity contribution in [1.29, 1.82) is 0 Å². The zero-order valence-corrected chi connectivity index (χ0v) is 16.7. The standard InChI is InChI=1S/C16H19BrN2O3S2/c1-19(2)13(11-3-4-14-12(9-11)7-8-22-14)10-18-24(20,21)16-6-5-15(17)23-16/h3-6,9,13,18H,7-8,10H2,1-2H3/t13-/m1/s1. The van der Waals surface area contributed by atoms with Crippen LogP contribution in [0.1, 0.15) is 17.2 Å². The number of fused-ring (bicyclic) bond motifs is 1. The van der Waals surface area contributed by atoms with Crippen molar-refractivity contribution in [2.45, 2.75) is 16.7 Å². The van der Waals surface area contributed by atoms with Crippen molar-refractivity contribution in [1.82, 2.24) is 9.62 Å². The predicted molar refractivity (Wildman–Crippen MR) is 99.3 cm³/mol. The van der Waals surface area contributed by atoms with Gasteiger partial charge in [0.2, 0.25) is 10.0 Å². The summed E-state index contributed by atoms with van der Waals surface area (Å²) in [7, 11) is 0.397. The molecule has 0 amide bonds. The van der Waals surface area contributed by atoms with Gasteiger partial charge in [-0.3, -0.25) is 0 Å². The molecule has 0 unspecified atom stereocenters. The Morgan fingerprint density at radius 2 is 2.12 bits per heavy atom. The molecule has 1 N–H and O–H groups in total. The molecular weight excluding hydrogens is 412 g/mol. The summed E-state index contributed by atoms with van der Waals surface area (Å²) in [5.41, 5.74) is 2.27. The van der Waals surface area contributed by atoms with Gasteiger partial charge in [-0.25, -0.2) is 13.1 Å². The van der Waals surface area contributed by atoms with Crippen LogP contribution in [0.3, 0.4) is 0 Å². The van der Waals surface area contributed by atoms with Gasteiger partial charge in [-0.2, -0.15) is 0 Å². The van der Waals surface area contributed by atoms with Gasteiger partial charge in [0.1, 0.15) is 9.96 Å². The van der Waals surface area contributed by atoms with E-state index in [-0.39, 0.29) is 6.04 Å². The predicted octanol–water partition coefficient (Wildman–Crippen LogP) is 3.03. The van der Waals surface area contributed by atoms with Gasteiger partial charge >= 0.3 is 0 Å². The van der Waals surface area contributed by atoms with Crippen molar-refractivity contribution in [2.75, 3.05) is 27.2 Å². The van der Waals surface area contributed by atoms with E-state index in [4.69, 9.17) is 4.74 Å². The molecule has 2 aromatic rings. The molecule has 0 saturated heterocycles. The highest BCUT2D eigenvalue weighted by atomic mass is 79.9. The summed E-state index contributed by atoms with van der Waals surface area (Å²) in [5.74, 6) is 0.931. The monoisotopic (exact) mass is 430 g/mol. The minimum Gasteiger partial charge on any atom is -0.493 e. The summed E-state index contributed by atoms with van der Waals surface area (Å²) in [5, 5.41) is 0. The minimum absolute atomic E-state index is 0.0472. The van der Waals surface area contributed by atoms with E-state index in [0.717, 1.165) is 21.5 Å². The molecule has 2 heterocycles. The molecule has 0 aliphatic carbocycles. The van der Waals surface area contributed by atoms with Crippen molar-refractivity contribution in [3.8, 4) is 5.75 Å². The zero-order valence-electron chi connectivity index (χ0n) is 13.5. The second kappa shape index (κ2) is 7.13. The quantitative estimate of drug-likeness (QED) is 0.764. The molecule has 0 spiro atoms. The Kier molecular flexibility index (Phi) is 5.31. The second-order valence-corrected chi connectivity index (χ2v) is 10.3. The minimum atomic E-state index is -3.50. The molecule has 0 bridgehead atoms. The van der Waals surface area contributed by atoms with E-state index in [2.05, 4.69) is 26.7 Å². The third-order valence-electron chi connectivity index (χ3n) is 4.00. The molecule has 0 fully saturated rings. The summed E-state index contributed by atoms with van der Waals surface area (Å²) >= 11 is 4.50. The summed E-state index contributed by atoms with van der Waals surface area (Å²) in [6.07, 6.45) is 0.901. The lowest BCUT2D eigenvalue weighted by atomic mass is 10.0. The molecule has 3 rings (SSSR count). The van der Waals surface area contributed by atoms with Crippen LogP contribution >= 0.6 is 27.3 Å². The van der Waals surface area contributed by atoms with Crippen molar-refractivity contribution in [2.24, 2.45) is 0 Å². The second-order valence-electron chi connectivity index (χ2n) is 5.86. The number of sulfonamides is 1. The van der Waals surface area contributed by atoms with Crippen LogP contribution in [0.15, 0.2) is 38.3 Å². The average molecular weight is 431 g/mol. The Morgan fingerprint density at radius 1 is 1.33 bits per heavy atom. The van der Waals surface area contributed by atoms with Crippen LogP contribution in [-0.4, -0.2) is 40.6 Å². The fourth-order valence-corrected chi connectivity index (χ4v) is 5.81. The fourth-order valence-electron chi connectivity index (χ4n) is 2.71. The first-order valence-electron chi connectivity index (χ1n) is 7.54. The first kappa shape index (κ1) is 17.9. The van der Waals surface area contributed by atoms with Crippen molar-refractivity contribution >= 4 is 37.3 Å². The molecule has 1 aliphatic rings.